The van der Waals surface area contributed by atoms with E-state index in [9.17, 15) is 4.79 Å². The van der Waals surface area contributed by atoms with E-state index in [0.717, 1.165) is 47.8 Å². The molecule has 0 bridgehead atoms. The molecule has 1 aromatic carbocycles. The molecule has 3 heterocycles. The number of aldehydes is 1. The van der Waals surface area contributed by atoms with Crippen molar-refractivity contribution in [3.63, 3.8) is 0 Å². The fraction of sp³-hybridized carbons (Fsp3) is 0.294. The van der Waals surface area contributed by atoms with E-state index in [-0.39, 0.29) is 0 Å². The molecule has 2 aromatic heterocycles. The normalized spacial score (nSPS) is 14.9. The maximum Gasteiger partial charge on any atom is 0.195 e. The summed E-state index contributed by atoms with van der Waals surface area (Å²) in [5.74, 6) is 0.794. The van der Waals surface area contributed by atoms with Gasteiger partial charge >= 0.3 is 0 Å². The fourth-order valence-electron chi connectivity index (χ4n) is 3.10. The predicted molar refractivity (Wildman–Crippen MR) is 90.5 cm³/mol. The molecule has 4 rings (SSSR count). The van der Waals surface area contributed by atoms with Crippen molar-refractivity contribution in [3.8, 4) is 17.0 Å². The smallest absolute Gasteiger partial charge is 0.195 e. The molecule has 0 saturated carbocycles. The van der Waals surface area contributed by atoms with Gasteiger partial charge in [0.2, 0.25) is 0 Å². The zero-order valence-corrected chi connectivity index (χ0v) is 13.9. The maximum absolute atomic E-state index is 11.8. The highest BCUT2D eigenvalue weighted by Gasteiger charge is 2.24. The highest BCUT2D eigenvalue weighted by Crippen LogP contribution is 2.33. The van der Waals surface area contributed by atoms with Crippen molar-refractivity contribution in [3.05, 3.63) is 40.5 Å². The van der Waals surface area contributed by atoms with E-state index >= 15 is 0 Å². The molecule has 0 spiro atoms. The summed E-state index contributed by atoms with van der Waals surface area (Å²) in [7, 11) is 3.76. The third kappa shape index (κ3) is 2.26. The number of nitrogens with zero attached hydrogens (tertiary/aromatic N) is 3. The van der Waals surface area contributed by atoms with E-state index in [4.69, 9.17) is 9.72 Å². The van der Waals surface area contributed by atoms with Crippen LogP contribution in [0.1, 0.15) is 21.1 Å². The molecule has 0 saturated heterocycles. The van der Waals surface area contributed by atoms with E-state index in [2.05, 4.69) is 11.9 Å². The number of hydrogen-bond donors (Lipinski definition) is 0. The molecule has 1 aliphatic heterocycles. The molecule has 0 fully saturated rings. The van der Waals surface area contributed by atoms with Gasteiger partial charge in [-0.1, -0.05) is 11.3 Å². The van der Waals surface area contributed by atoms with Crippen molar-refractivity contribution >= 4 is 22.6 Å². The quantitative estimate of drug-likeness (QED) is 0.694. The minimum atomic E-state index is 0.646. The molecule has 3 aromatic rings. The molecule has 0 aliphatic carbocycles. The number of aromatic nitrogens is 2. The van der Waals surface area contributed by atoms with Crippen molar-refractivity contribution in [1.29, 1.82) is 0 Å². The molecule has 0 N–H and O–H groups in total. The molecule has 0 unspecified atom stereocenters. The lowest BCUT2D eigenvalue weighted by atomic mass is 10.1. The summed E-state index contributed by atoms with van der Waals surface area (Å²) in [5.41, 5.74) is 3.56. The van der Waals surface area contributed by atoms with Gasteiger partial charge < -0.3 is 9.64 Å². The zero-order valence-electron chi connectivity index (χ0n) is 13.1. The van der Waals surface area contributed by atoms with Crippen LogP contribution in [0.4, 0.5) is 0 Å². The Morgan fingerprint density at radius 3 is 2.78 bits per heavy atom. The fourth-order valence-corrected chi connectivity index (χ4v) is 4.35. The molecule has 0 atom stereocenters. The van der Waals surface area contributed by atoms with Crippen molar-refractivity contribution in [2.45, 2.75) is 13.0 Å². The van der Waals surface area contributed by atoms with Gasteiger partial charge in [0.05, 0.1) is 7.11 Å². The highest BCUT2D eigenvalue weighted by molar-refractivity contribution is 7.17. The monoisotopic (exact) mass is 327 g/mol. The number of imidazole rings is 1. The molecule has 118 valence electrons. The van der Waals surface area contributed by atoms with Gasteiger partial charge in [-0.2, -0.15) is 0 Å². The predicted octanol–water partition coefficient (Wildman–Crippen LogP) is 2.87. The Labute approximate surface area is 138 Å². The van der Waals surface area contributed by atoms with Crippen LogP contribution in [-0.4, -0.2) is 41.3 Å². The summed E-state index contributed by atoms with van der Waals surface area (Å²) in [4.78, 5) is 21.0. The number of ether oxygens (including phenoxy) is 1. The van der Waals surface area contributed by atoms with Crippen LogP contribution in [0, 0.1) is 0 Å². The van der Waals surface area contributed by atoms with Crippen molar-refractivity contribution < 1.29 is 9.53 Å². The van der Waals surface area contributed by atoms with Gasteiger partial charge in [0.15, 0.2) is 11.2 Å². The van der Waals surface area contributed by atoms with Crippen LogP contribution in [0.25, 0.3) is 16.2 Å². The van der Waals surface area contributed by atoms with Crippen molar-refractivity contribution in [1.82, 2.24) is 14.3 Å². The number of methoxy groups -OCH3 is 1. The second-order valence-electron chi connectivity index (χ2n) is 5.77. The van der Waals surface area contributed by atoms with Crippen molar-refractivity contribution in [2.75, 3.05) is 20.7 Å². The summed E-state index contributed by atoms with van der Waals surface area (Å²) < 4.78 is 7.23. The molecule has 0 amide bonds. The summed E-state index contributed by atoms with van der Waals surface area (Å²) in [6, 6.07) is 7.67. The van der Waals surface area contributed by atoms with E-state index in [0.29, 0.717) is 5.69 Å². The Bertz CT molecular complexity index is 880. The van der Waals surface area contributed by atoms with Gasteiger partial charge in [0.1, 0.15) is 17.1 Å². The second kappa shape index (κ2) is 5.47. The number of fused-ring (bicyclic) bond motifs is 3. The van der Waals surface area contributed by atoms with Crippen LogP contribution in [0.15, 0.2) is 24.3 Å². The standard InChI is InChI=1S/C17H17N3O2S/c1-19-8-7-13-15(9-19)23-17-18-16(14(10-21)20(13)17)11-3-5-12(22-2)6-4-11/h3-6,10H,7-9H2,1-2H3. The summed E-state index contributed by atoms with van der Waals surface area (Å²) in [6.07, 6.45) is 1.87. The Morgan fingerprint density at radius 2 is 2.09 bits per heavy atom. The molecule has 6 heteroatoms. The van der Waals surface area contributed by atoms with Crippen LogP contribution >= 0.6 is 11.3 Å². The van der Waals surface area contributed by atoms with Gasteiger partial charge in [0, 0.05) is 35.6 Å². The Kier molecular flexibility index (Phi) is 3.43. The molecular formula is C17H17N3O2S. The van der Waals surface area contributed by atoms with Gasteiger partial charge in [-0.05, 0) is 31.3 Å². The first-order valence-electron chi connectivity index (χ1n) is 7.52. The van der Waals surface area contributed by atoms with Crippen LogP contribution in [-0.2, 0) is 13.0 Å². The van der Waals surface area contributed by atoms with E-state index in [1.165, 1.54) is 10.6 Å². The number of benzene rings is 1. The second-order valence-corrected chi connectivity index (χ2v) is 6.83. The minimum Gasteiger partial charge on any atom is -0.497 e. The Hall–Kier alpha value is -2.18. The molecule has 23 heavy (non-hydrogen) atoms. The summed E-state index contributed by atoms with van der Waals surface area (Å²) in [5, 5.41) is 0. The van der Waals surface area contributed by atoms with E-state index in [1.807, 2.05) is 28.7 Å². The maximum atomic E-state index is 11.8. The van der Waals surface area contributed by atoms with Crippen LogP contribution < -0.4 is 4.74 Å². The van der Waals surface area contributed by atoms with Crippen LogP contribution in [0.3, 0.4) is 0 Å². The van der Waals surface area contributed by atoms with Gasteiger partial charge in [-0.3, -0.25) is 9.20 Å². The Morgan fingerprint density at radius 1 is 1.30 bits per heavy atom. The number of hydrogen-bond acceptors (Lipinski definition) is 5. The number of carbonyl (C=O) groups excluding carboxylic acids is 1. The lowest BCUT2D eigenvalue weighted by molar-refractivity contribution is 0.111. The van der Waals surface area contributed by atoms with Gasteiger partial charge in [-0.15, -0.1) is 0 Å². The molecule has 5 nitrogen and oxygen atoms in total. The first kappa shape index (κ1) is 14.4. The number of carbonyl (C=O) groups is 1. The lowest BCUT2D eigenvalue weighted by Crippen LogP contribution is -2.26. The van der Waals surface area contributed by atoms with Gasteiger partial charge in [-0.25, -0.2) is 4.98 Å². The molecule has 1 aliphatic rings. The largest absolute Gasteiger partial charge is 0.497 e. The average molecular weight is 327 g/mol. The first-order chi connectivity index (χ1) is 11.2. The molecule has 0 radical (unpaired) electrons. The van der Waals surface area contributed by atoms with Crippen molar-refractivity contribution in [2.24, 2.45) is 0 Å². The van der Waals surface area contributed by atoms with Crippen LogP contribution in [0.2, 0.25) is 0 Å². The lowest BCUT2D eigenvalue weighted by Gasteiger charge is -2.21. The Balaban J connectivity index is 1.87. The topological polar surface area (TPSA) is 46.8 Å². The van der Waals surface area contributed by atoms with Gasteiger partial charge in [0.25, 0.3) is 0 Å². The number of likely N-dealkylation sites (N-methyl/N-ethyl adjacent to an activating group) is 1. The highest BCUT2D eigenvalue weighted by atomic mass is 32.1. The third-order valence-corrected chi connectivity index (χ3v) is 5.38. The SMILES string of the molecule is COc1ccc(-c2nc3sc4c(n3c2C=O)CCN(C)C4)cc1. The third-order valence-electron chi connectivity index (χ3n) is 4.31. The number of rotatable bonds is 3. The van der Waals surface area contributed by atoms with E-state index in [1.54, 1.807) is 18.4 Å². The van der Waals surface area contributed by atoms with E-state index < -0.39 is 0 Å². The first-order valence-corrected chi connectivity index (χ1v) is 8.34. The number of thiazole rings is 1. The summed E-state index contributed by atoms with van der Waals surface area (Å²) in [6.45, 7) is 1.94. The average Bonchev–Trinajstić information content (AvgIpc) is 3.09. The summed E-state index contributed by atoms with van der Waals surface area (Å²) >= 11 is 1.68. The minimum absolute atomic E-state index is 0.646. The zero-order chi connectivity index (χ0) is 16.0. The molecular weight excluding hydrogens is 310 g/mol. The van der Waals surface area contributed by atoms with Crippen LogP contribution in [0.5, 0.6) is 5.75 Å².